The molecular formula is C14H25NO5. The fraction of sp³-hybridized carbons (Fsp3) is 0.857. The van der Waals surface area contributed by atoms with Gasteiger partial charge in [-0.3, -0.25) is 4.79 Å². The third-order valence-corrected chi connectivity index (χ3v) is 3.46. The van der Waals surface area contributed by atoms with Crippen molar-refractivity contribution in [3.8, 4) is 0 Å². The van der Waals surface area contributed by atoms with E-state index < -0.39 is 29.7 Å². The molecular weight excluding hydrogens is 262 g/mol. The highest BCUT2D eigenvalue weighted by atomic mass is 16.6. The van der Waals surface area contributed by atoms with Crippen molar-refractivity contribution >= 4 is 12.1 Å². The summed E-state index contributed by atoms with van der Waals surface area (Å²) in [4.78, 5) is 24.9. The smallest absolute Gasteiger partial charge is 0.410 e. The molecule has 20 heavy (non-hydrogen) atoms. The van der Waals surface area contributed by atoms with Gasteiger partial charge in [-0.1, -0.05) is 0 Å². The Bertz CT molecular complexity index is 363. The van der Waals surface area contributed by atoms with Crippen molar-refractivity contribution in [1.82, 2.24) is 4.90 Å². The van der Waals surface area contributed by atoms with E-state index in [1.54, 1.807) is 11.8 Å². The van der Waals surface area contributed by atoms with Crippen LogP contribution in [0.4, 0.5) is 4.79 Å². The molecule has 1 rings (SSSR count). The van der Waals surface area contributed by atoms with Crippen LogP contribution < -0.4 is 0 Å². The number of carbonyl (C=O) groups excluding carboxylic acids is 1. The standard InChI is InChI=1S/C14H25NO5/c1-9(12(16)17)11(19-5)10-7-6-8-15(10)13(18)20-14(2,3)4/h9-11H,6-8H2,1-5H3,(H,16,17)/t9-,10+,11+/m1/s1. The molecule has 6 heteroatoms. The van der Waals surface area contributed by atoms with E-state index >= 15 is 0 Å². The molecule has 1 N–H and O–H groups in total. The van der Waals surface area contributed by atoms with Gasteiger partial charge in [0.1, 0.15) is 5.60 Å². The number of methoxy groups -OCH3 is 1. The quantitative estimate of drug-likeness (QED) is 0.857. The zero-order valence-corrected chi connectivity index (χ0v) is 12.9. The average Bonchev–Trinajstić information content (AvgIpc) is 2.76. The monoisotopic (exact) mass is 287 g/mol. The third kappa shape index (κ3) is 4.10. The lowest BCUT2D eigenvalue weighted by Gasteiger charge is -2.34. The number of aliphatic carboxylic acids is 1. The summed E-state index contributed by atoms with van der Waals surface area (Å²) < 4.78 is 10.7. The van der Waals surface area contributed by atoms with Gasteiger partial charge in [0.15, 0.2) is 0 Å². The lowest BCUT2D eigenvalue weighted by molar-refractivity contribution is -0.147. The SMILES string of the molecule is CO[C@@H]([C@@H](C)C(=O)O)[C@@H]1CCCN1C(=O)OC(C)(C)C. The number of hydrogen-bond acceptors (Lipinski definition) is 4. The number of nitrogens with zero attached hydrogens (tertiary/aromatic N) is 1. The van der Waals surface area contributed by atoms with E-state index in [9.17, 15) is 9.59 Å². The van der Waals surface area contributed by atoms with Crippen LogP contribution in [0, 0.1) is 5.92 Å². The van der Waals surface area contributed by atoms with Crippen molar-refractivity contribution < 1.29 is 24.2 Å². The zero-order valence-electron chi connectivity index (χ0n) is 12.9. The number of carbonyl (C=O) groups is 2. The summed E-state index contributed by atoms with van der Waals surface area (Å²) in [5.41, 5.74) is -0.564. The van der Waals surface area contributed by atoms with E-state index in [0.717, 1.165) is 12.8 Å². The minimum Gasteiger partial charge on any atom is -0.481 e. The van der Waals surface area contributed by atoms with Gasteiger partial charge < -0.3 is 19.5 Å². The average molecular weight is 287 g/mol. The molecule has 0 spiro atoms. The molecule has 3 atom stereocenters. The molecule has 1 aliphatic rings. The van der Waals surface area contributed by atoms with Crippen molar-refractivity contribution in [3.63, 3.8) is 0 Å². The molecule has 1 amide bonds. The van der Waals surface area contributed by atoms with E-state index in [1.165, 1.54) is 7.11 Å². The molecule has 0 aromatic rings. The van der Waals surface area contributed by atoms with Crippen LogP contribution in [0.1, 0.15) is 40.5 Å². The third-order valence-electron chi connectivity index (χ3n) is 3.46. The molecule has 116 valence electrons. The number of likely N-dealkylation sites (tertiary alicyclic amines) is 1. The Hall–Kier alpha value is -1.30. The maximum absolute atomic E-state index is 12.2. The molecule has 6 nitrogen and oxygen atoms in total. The fourth-order valence-electron chi connectivity index (χ4n) is 2.52. The Kier molecular flexibility index (Phi) is 5.39. The summed E-state index contributed by atoms with van der Waals surface area (Å²) in [6.07, 6.45) is 0.632. The Morgan fingerprint density at radius 1 is 1.35 bits per heavy atom. The van der Waals surface area contributed by atoms with Crippen LogP contribution >= 0.6 is 0 Å². The molecule has 1 heterocycles. The zero-order chi connectivity index (χ0) is 15.5. The molecule has 1 fully saturated rings. The summed E-state index contributed by atoms with van der Waals surface area (Å²) in [6.45, 7) is 7.60. The van der Waals surface area contributed by atoms with Crippen LogP contribution in [0.2, 0.25) is 0 Å². The number of carboxylic acid groups (broad SMARTS) is 1. The highest BCUT2D eigenvalue weighted by Gasteiger charge is 2.41. The van der Waals surface area contributed by atoms with Gasteiger partial charge in [0, 0.05) is 13.7 Å². The summed E-state index contributed by atoms with van der Waals surface area (Å²) in [5.74, 6) is -1.60. The van der Waals surface area contributed by atoms with Crippen LogP contribution in [0.5, 0.6) is 0 Å². The van der Waals surface area contributed by atoms with E-state index in [-0.39, 0.29) is 6.04 Å². The maximum Gasteiger partial charge on any atom is 0.410 e. The van der Waals surface area contributed by atoms with E-state index in [2.05, 4.69) is 0 Å². The molecule has 0 bridgehead atoms. The first-order chi connectivity index (χ1) is 9.17. The minimum atomic E-state index is -0.923. The van der Waals surface area contributed by atoms with Gasteiger partial charge in [0.2, 0.25) is 0 Å². The van der Waals surface area contributed by atoms with Crippen molar-refractivity contribution in [2.45, 2.75) is 58.3 Å². The van der Waals surface area contributed by atoms with E-state index in [1.807, 2.05) is 20.8 Å². The van der Waals surface area contributed by atoms with E-state index in [4.69, 9.17) is 14.6 Å². The lowest BCUT2D eigenvalue weighted by Crippen LogP contribution is -2.49. The largest absolute Gasteiger partial charge is 0.481 e. The summed E-state index contributed by atoms with van der Waals surface area (Å²) in [6, 6.07) is -0.249. The second kappa shape index (κ2) is 6.43. The fourth-order valence-corrected chi connectivity index (χ4v) is 2.52. The molecule has 0 aromatic heterocycles. The Morgan fingerprint density at radius 3 is 2.40 bits per heavy atom. The first-order valence-corrected chi connectivity index (χ1v) is 6.92. The van der Waals surface area contributed by atoms with Gasteiger partial charge in [-0.05, 0) is 40.5 Å². The topological polar surface area (TPSA) is 76.1 Å². The number of rotatable bonds is 4. The number of amides is 1. The molecule has 0 aliphatic carbocycles. The van der Waals surface area contributed by atoms with Gasteiger partial charge in [0.05, 0.1) is 18.1 Å². The molecule has 0 saturated carbocycles. The van der Waals surface area contributed by atoms with E-state index in [0.29, 0.717) is 6.54 Å². The van der Waals surface area contributed by atoms with Crippen LogP contribution in [0.3, 0.4) is 0 Å². The van der Waals surface area contributed by atoms with Gasteiger partial charge in [0.25, 0.3) is 0 Å². The van der Waals surface area contributed by atoms with Crippen LogP contribution in [-0.4, -0.2) is 53.5 Å². The van der Waals surface area contributed by atoms with Gasteiger partial charge in [-0.15, -0.1) is 0 Å². The Balaban J connectivity index is 2.82. The predicted octanol–water partition coefficient (Wildman–Crippen LogP) is 2.12. The Labute approximate surface area is 120 Å². The highest BCUT2D eigenvalue weighted by Crippen LogP contribution is 2.27. The molecule has 0 aromatic carbocycles. The summed E-state index contributed by atoms with van der Waals surface area (Å²) in [5, 5.41) is 9.14. The molecule has 1 saturated heterocycles. The second-order valence-corrected chi connectivity index (χ2v) is 6.21. The van der Waals surface area contributed by atoms with Crippen molar-refractivity contribution in [2.75, 3.05) is 13.7 Å². The molecule has 0 radical (unpaired) electrons. The summed E-state index contributed by atoms with van der Waals surface area (Å²) >= 11 is 0. The predicted molar refractivity (Wildman–Crippen MR) is 73.6 cm³/mol. The van der Waals surface area contributed by atoms with Crippen LogP contribution in [0.25, 0.3) is 0 Å². The van der Waals surface area contributed by atoms with Crippen molar-refractivity contribution in [1.29, 1.82) is 0 Å². The number of ether oxygens (including phenoxy) is 2. The number of carboxylic acids is 1. The van der Waals surface area contributed by atoms with Gasteiger partial charge >= 0.3 is 12.1 Å². The molecule has 0 unspecified atom stereocenters. The van der Waals surface area contributed by atoms with Crippen molar-refractivity contribution in [3.05, 3.63) is 0 Å². The minimum absolute atomic E-state index is 0.249. The highest BCUT2D eigenvalue weighted by molar-refractivity contribution is 5.71. The normalized spacial score (nSPS) is 22.4. The Morgan fingerprint density at radius 2 is 1.95 bits per heavy atom. The summed E-state index contributed by atoms with van der Waals surface area (Å²) in [7, 11) is 1.48. The van der Waals surface area contributed by atoms with Crippen molar-refractivity contribution in [2.24, 2.45) is 5.92 Å². The lowest BCUT2D eigenvalue weighted by atomic mass is 9.96. The molecule has 1 aliphatic heterocycles. The number of hydrogen-bond donors (Lipinski definition) is 1. The first kappa shape index (κ1) is 16.8. The maximum atomic E-state index is 12.2. The van der Waals surface area contributed by atoms with Crippen LogP contribution in [0.15, 0.2) is 0 Å². The van der Waals surface area contributed by atoms with Gasteiger partial charge in [-0.25, -0.2) is 4.79 Å². The van der Waals surface area contributed by atoms with Crippen LogP contribution in [-0.2, 0) is 14.3 Å². The van der Waals surface area contributed by atoms with Gasteiger partial charge in [-0.2, -0.15) is 0 Å². The first-order valence-electron chi connectivity index (χ1n) is 6.92. The second-order valence-electron chi connectivity index (χ2n) is 6.21.